The highest BCUT2D eigenvalue weighted by atomic mass is 16.5. The molecular weight excluding hydrogens is 446 g/mol. The number of aromatic nitrogens is 4. The summed E-state index contributed by atoms with van der Waals surface area (Å²) in [5, 5.41) is 22.2. The Bertz CT molecular complexity index is 1020. The number of methoxy groups -OCH3 is 1. The van der Waals surface area contributed by atoms with Crippen LogP contribution in [0.15, 0.2) is 6.33 Å². The van der Waals surface area contributed by atoms with Crippen LogP contribution in [0, 0.1) is 5.92 Å². The second-order valence-electron chi connectivity index (χ2n) is 8.77. The number of aliphatic hydroxyl groups is 2. The fraction of sp³-hybridized carbons (Fsp3) is 0.667. The van der Waals surface area contributed by atoms with Crippen LogP contribution in [-0.2, 0) is 27.4 Å². The van der Waals surface area contributed by atoms with Gasteiger partial charge in [0.1, 0.15) is 24.2 Å². The van der Waals surface area contributed by atoms with Crippen molar-refractivity contribution < 1.29 is 29.3 Å². The fourth-order valence-electron chi connectivity index (χ4n) is 4.03. The summed E-state index contributed by atoms with van der Waals surface area (Å²) in [5.74, 6) is 0.619. The molecule has 1 aliphatic carbocycles. The van der Waals surface area contributed by atoms with Crippen molar-refractivity contribution in [3.8, 4) is 0 Å². The van der Waals surface area contributed by atoms with Gasteiger partial charge in [0.25, 0.3) is 5.91 Å². The number of rotatable bonds is 9. The fourth-order valence-corrected chi connectivity index (χ4v) is 4.03. The first-order valence-electron chi connectivity index (χ1n) is 11.4. The molecule has 2 aromatic rings. The summed E-state index contributed by atoms with van der Waals surface area (Å²) >= 11 is 0. The van der Waals surface area contributed by atoms with Crippen molar-refractivity contribution in [3.63, 3.8) is 0 Å². The number of imidazole rings is 1. The molecule has 2 aliphatic rings. The van der Waals surface area contributed by atoms with Crippen molar-refractivity contribution >= 4 is 29.0 Å². The average molecular weight is 478 g/mol. The molecule has 13 nitrogen and oxygen atoms in total. The normalized spacial score (nSPS) is 18.6. The molecular formula is C21H31N7O6. The van der Waals surface area contributed by atoms with E-state index in [1.807, 2.05) is 0 Å². The molecule has 0 bridgehead atoms. The summed E-state index contributed by atoms with van der Waals surface area (Å²) in [6.07, 6.45) is 2.54. The van der Waals surface area contributed by atoms with Crippen LogP contribution in [0.2, 0.25) is 0 Å². The molecule has 0 aromatic carbocycles. The number of aliphatic hydroxyl groups excluding tert-OH is 2. The van der Waals surface area contributed by atoms with E-state index in [4.69, 9.17) is 15.2 Å². The van der Waals surface area contributed by atoms with Crippen LogP contribution in [0.25, 0.3) is 11.2 Å². The SMILES string of the molecule is COC(=O)N1CCC(Cc2nc(N)c3ncn(CO[C@H](C(=O)NC4CC4)C(O)CO)c3n2)CC1. The van der Waals surface area contributed by atoms with Gasteiger partial charge in [-0.2, -0.15) is 0 Å². The number of carbonyl (C=O) groups is 2. The molecule has 1 aliphatic heterocycles. The van der Waals surface area contributed by atoms with Crippen LogP contribution in [-0.4, -0.2) is 91.7 Å². The largest absolute Gasteiger partial charge is 0.453 e. The molecule has 2 atom stereocenters. The van der Waals surface area contributed by atoms with Gasteiger partial charge < -0.3 is 35.6 Å². The molecule has 1 saturated heterocycles. The average Bonchev–Trinajstić information content (AvgIpc) is 3.56. The van der Waals surface area contributed by atoms with E-state index in [1.54, 1.807) is 9.47 Å². The van der Waals surface area contributed by atoms with Gasteiger partial charge >= 0.3 is 6.09 Å². The Morgan fingerprint density at radius 3 is 2.65 bits per heavy atom. The van der Waals surface area contributed by atoms with Gasteiger partial charge in [0.15, 0.2) is 17.6 Å². The highest BCUT2D eigenvalue weighted by Crippen LogP contribution is 2.24. The molecule has 1 unspecified atom stereocenters. The number of nitrogens with two attached hydrogens (primary N) is 1. The lowest BCUT2D eigenvalue weighted by Crippen LogP contribution is -2.46. The Morgan fingerprint density at radius 1 is 1.26 bits per heavy atom. The minimum absolute atomic E-state index is 0.0909. The number of nitrogens with zero attached hydrogens (tertiary/aromatic N) is 5. The van der Waals surface area contributed by atoms with Crippen molar-refractivity contribution in [2.75, 3.05) is 32.5 Å². The lowest BCUT2D eigenvalue weighted by molar-refractivity contribution is -0.147. The smallest absolute Gasteiger partial charge is 0.409 e. The predicted octanol–water partition coefficient (Wildman–Crippen LogP) is -0.596. The molecule has 1 saturated carbocycles. The van der Waals surface area contributed by atoms with Crippen LogP contribution in [0.3, 0.4) is 0 Å². The molecule has 2 aromatic heterocycles. The van der Waals surface area contributed by atoms with E-state index >= 15 is 0 Å². The van der Waals surface area contributed by atoms with E-state index in [1.165, 1.54) is 13.4 Å². The van der Waals surface area contributed by atoms with E-state index < -0.39 is 24.7 Å². The van der Waals surface area contributed by atoms with Crippen molar-refractivity contribution in [3.05, 3.63) is 12.2 Å². The summed E-state index contributed by atoms with van der Waals surface area (Å²) in [7, 11) is 1.37. The predicted molar refractivity (Wildman–Crippen MR) is 119 cm³/mol. The number of anilines is 1. The molecule has 0 radical (unpaired) electrons. The van der Waals surface area contributed by atoms with Crippen molar-refractivity contribution in [2.45, 2.75) is 57.1 Å². The van der Waals surface area contributed by atoms with Crippen molar-refractivity contribution in [2.24, 2.45) is 5.92 Å². The summed E-state index contributed by atoms with van der Waals surface area (Å²) < 4.78 is 12.0. The number of nitrogen functional groups attached to an aromatic ring is 1. The molecule has 5 N–H and O–H groups in total. The van der Waals surface area contributed by atoms with Crippen LogP contribution in [0.1, 0.15) is 31.5 Å². The van der Waals surface area contributed by atoms with Gasteiger partial charge in [-0.3, -0.25) is 9.36 Å². The van der Waals surface area contributed by atoms with E-state index in [9.17, 15) is 19.8 Å². The van der Waals surface area contributed by atoms with Gasteiger partial charge in [0.05, 0.1) is 20.0 Å². The zero-order valence-corrected chi connectivity index (χ0v) is 19.1. The van der Waals surface area contributed by atoms with Crippen LogP contribution < -0.4 is 11.1 Å². The number of likely N-dealkylation sites (tertiary alicyclic amines) is 1. The third-order valence-corrected chi connectivity index (χ3v) is 6.17. The number of carbonyl (C=O) groups excluding carboxylic acids is 2. The topological polar surface area (TPSA) is 178 Å². The highest BCUT2D eigenvalue weighted by molar-refractivity contribution is 5.82. The molecule has 2 fully saturated rings. The van der Waals surface area contributed by atoms with Gasteiger partial charge in [-0.25, -0.2) is 19.7 Å². The number of hydrogen-bond acceptors (Lipinski definition) is 10. The number of hydrogen-bond donors (Lipinski definition) is 4. The quantitative estimate of drug-likeness (QED) is 0.365. The van der Waals surface area contributed by atoms with Crippen LogP contribution >= 0.6 is 0 Å². The van der Waals surface area contributed by atoms with Gasteiger partial charge in [0.2, 0.25) is 0 Å². The number of fused-ring (bicyclic) bond motifs is 1. The zero-order valence-electron chi connectivity index (χ0n) is 19.1. The third kappa shape index (κ3) is 5.54. The maximum Gasteiger partial charge on any atom is 0.409 e. The second-order valence-corrected chi connectivity index (χ2v) is 8.77. The molecule has 3 heterocycles. The highest BCUT2D eigenvalue weighted by Gasteiger charge is 2.32. The number of nitrogens with one attached hydrogen (secondary N) is 1. The summed E-state index contributed by atoms with van der Waals surface area (Å²) in [6, 6.07) is 0.0909. The summed E-state index contributed by atoms with van der Waals surface area (Å²) in [5.41, 5.74) is 6.98. The minimum Gasteiger partial charge on any atom is -0.453 e. The van der Waals surface area contributed by atoms with E-state index in [0.29, 0.717) is 42.4 Å². The lowest BCUT2D eigenvalue weighted by Gasteiger charge is -2.30. The van der Waals surface area contributed by atoms with E-state index in [2.05, 4.69) is 20.3 Å². The number of amides is 2. The molecule has 2 amide bonds. The van der Waals surface area contributed by atoms with E-state index in [0.717, 1.165) is 25.7 Å². The standard InChI is InChI=1S/C21H31N7O6/c1-33-21(32)27-6-4-12(5-7-27)8-15-25-18(22)16-19(26-15)28(10-23-16)11-34-17(14(30)9-29)20(31)24-13-2-3-13/h10,12-14,17,29-30H,2-9,11H2,1H3,(H,24,31)(H2,22,25,26)/t14?,17-/m0/s1. The lowest BCUT2D eigenvalue weighted by atomic mass is 9.93. The molecule has 4 rings (SSSR count). The van der Waals surface area contributed by atoms with E-state index in [-0.39, 0.29) is 24.7 Å². The van der Waals surface area contributed by atoms with Gasteiger partial charge in [0, 0.05) is 25.6 Å². The van der Waals surface area contributed by atoms with Crippen LogP contribution in [0.4, 0.5) is 10.6 Å². The number of piperidine rings is 1. The van der Waals surface area contributed by atoms with Gasteiger partial charge in [-0.15, -0.1) is 0 Å². The van der Waals surface area contributed by atoms with Crippen molar-refractivity contribution in [1.29, 1.82) is 0 Å². The Labute approximate surface area is 196 Å². The number of ether oxygens (including phenoxy) is 2. The first-order valence-corrected chi connectivity index (χ1v) is 11.4. The summed E-state index contributed by atoms with van der Waals surface area (Å²) in [4.78, 5) is 39.0. The van der Waals surface area contributed by atoms with Crippen molar-refractivity contribution in [1.82, 2.24) is 29.7 Å². The Morgan fingerprint density at radius 2 is 2.00 bits per heavy atom. The Kier molecular flexibility index (Phi) is 7.44. The molecule has 186 valence electrons. The molecule has 34 heavy (non-hydrogen) atoms. The maximum absolute atomic E-state index is 12.4. The van der Waals surface area contributed by atoms with Crippen LogP contribution in [0.5, 0.6) is 0 Å². The van der Waals surface area contributed by atoms with Gasteiger partial charge in [-0.05, 0) is 31.6 Å². The Balaban J connectivity index is 1.43. The molecule has 13 heteroatoms. The zero-order chi connectivity index (χ0) is 24.2. The third-order valence-electron chi connectivity index (χ3n) is 6.17. The maximum atomic E-state index is 12.4. The second kappa shape index (κ2) is 10.5. The minimum atomic E-state index is -1.36. The Hall–Kier alpha value is -3.03. The monoisotopic (exact) mass is 477 g/mol. The first kappa shape index (κ1) is 24.1. The van der Waals surface area contributed by atoms with Gasteiger partial charge in [-0.1, -0.05) is 0 Å². The first-order chi connectivity index (χ1) is 16.4. The summed E-state index contributed by atoms with van der Waals surface area (Å²) in [6.45, 7) is 0.488. The molecule has 0 spiro atoms.